The topological polar surface area (TPSA) is 127 Å². The summed E-state index contributed by atoms with van der Waals surface area (Å²) in [5.41, 5.74) is 1.38. The lowest BCUT2D eigenvalue weighted by molar-refractivity contribution is -0.384. The van der Waals surface area contributed by atoms with Crippen LogP contribution in [0, 0.1) is 35.3 Å². The summed E-state index contributed by atoms with van der Waals surface area (Å²) in [5, 5.41) is 27.4. The molecule has 1 aromatic carbocycles. The molecule has 0 atom stereocenters. The number of anilines is 1. The van der Waals surface area contributed by atoms with Gasteiger partial charge in [-0.2, -0.15) is 10.4 Å². The first kappa shape index (κ1) is 19.1. The highest BCUT2D eigenvalue weighted by atomic mass is 35.5. The molecule has 0 radical (unpaired) electrons. The van der Waals surface area contributed by atoms with Crippen molar-refractivity contribution >= 4 is 28.9 Å². The number of nitro benzene ring substituents is 1. The number of non-ortho nitro benzene ring substituents is 1. The van der Waals surface area contributed by atoms with E-state index in [0.29, 0.717) is 23.0 Å². The highest BCUT2D eigenvalue weighted by Gasteiger charge is 2.17. The van der Waals surface area contributed by atoms with Crippen molar-refractivity contribution < 1.29 is 14.1 Å². The molecule has 0 spiro atoms. The van der Waals surface area contributed by atoms with Crippen molar-refractivity contribution in [1.29, 1.82) is 5.26 Å². The first-order valence-electron chi connectivity index (χ1n) is 8.08. The van der Waals surface area contributed by atoms with Crippen molar-refractivity contribution in [1.82, 2.24) is 9.78 Å². The summed E-state index contributed by atoms with van der Waals surface area (Å²) in [5.74, 6) is -0.0514. The van der Waals surface area contributed by atoms with Crippen LogP contribution in [-0.4, -0.2) is 20.6 Å². The van der Waals surface area contributed by atoms with Gasteiger partial charge in [0.2, 0.25) is 0 Å². The zero-order chi connectivity index (χ0) is 20.4. The van der Waals surface area contributed by atoms with Gasteiger partial charge in [-0.05, 0) is 32.0 Å². The Morgan fingerprint density at radius 1 is 1.39 bits per heavy atom. The number of benzene rings is 1. The highest BCUT2D eigenvalue weighted by Crippen LogP contribution is 2.23. The van der Waals surface area contributed by atoms with Gasteiger partial charge in [0, 0.05) is 12.1 Å². The fourth-order valence-corrected chi connectivity index (χ4v) is 2.73. The molecule has 0 aliphatic rings. The average Bonchev–Trinajstić information content (AvgIpc) is 3.23. The van der Waals surface area contributed by atoms with Gasteiger partial charge in [0.1, 0.15) is 11.8 Å². The molecule has 2 aromatic heterocycles. The van der Waals surface area contributed by atoms with Crippen LogP contribution in [0.3, 0.4) is 0 Å². The SMILES string of the molecule is Cc1nn(Cc2ccc(C(=O)Nc3ccc([N+](=O)[O-])cc3C#N)o2)c(C)c1Cl. The summed E-state index contributed by atoms with van der Waals surface area (Å²) in [6, 6.07) is 8.56. The van der Waals surface area contributed by atoms with E-state index < -0.39 is 10.8 Å². The van der Waals surface area contributed by atoms with Crippen LogP contribution in [0.25, 0.3) is 0 Å². The lowest BCUT2D eigenvalue weighted by Gasteiger charge is -2.05. The zero-order valence-electron chi connectivity index (χ0n) is 14.9. The van der Waals surface area contributed by atoms with Gasteiger partial charge < -0.3 is 9.73 Å². The predicted octanol–water partition coefficient (Wildman–Crippen LogP) is 3.83. The van der Waals surface area contributed by atoms with Gasteiger partial charge in [0.15, 0.2) is 5.76 Å². The number of hydrogen-bond acceptors (Lipinski definition) is 6. The second-order valence-electron chi connectivity index (χ2n) is 5.96. The molecule has 3 aromatic rings. The quantitative estimate of drug-likeness (QED) is 0.513. The Balaban J connectivity index is 1.77. The molecule has 0 bridgehead atoms. The number of aromatic nitrogens is 2. The molecule has 28 heavy (non-hydrogen) atoms. The number of nitrogens with zero attached hydrogens (tertiary/aromatic N) is 4. The summed E-state index contributed by atoms with van der Waals surface area (Å²) in [6.45, 7) is 3.92. The Labute approximate surface area is 164 Å². The van der Waals surface area contributed by atoms with E-state index in [1.54, 1.807) is 17.7 Å². The van der Waals surface area contributed by atoms with Crippen molar-refractivity contribution in [3.05, 3.63) is 73.9 Å². The van der Waals surface area contributed by atoms with Crippen LogP contribution in [-0.2, 0) is 6.54 Å². The standard InChI is InChI=1S/C18H14ClN5O4/c1-10-17(19)11(2)23(22-10)9-14-4-6-16(28-14)18(25)21-15-5-3-13(24(26)27)7-12(15)8-20/h3-7H,9H2,1-2H3,(H,21,25). The van der Waals surface area contributed by atoms with Gasteiger partial charge in [-0.3, -0.25) is 19.6 Å². The van der Waals surface area contributed by atoms with Gasteiger partial charge in [0.25, 0.3) is 11.6 Å². The molecule has 0 saturated heterocycles. The summed E-state index contributed by atoms with van der Waals surface area (Å²) in [6.07, 6.45) is 0. The minimum Gasteiger partial charge on any atom is -0.454 e. The molecule has 3 rings (SSSR count). The monoisotopic (exact) mass is 399 g/mol. The van der Waals surface area contributed by atoms with Crippen LogP contribution >= 0.6 is 11.6 Å². The van der Waals surface area contributed by atoms with E-state index in [1.807, 2.05) is 13.0 Å². The average molecular weight is 400 g/mol. The third kappa shape index (κ3) is 3.72. The summed E-state index contributed by atoms with van der Waals surface area (Å²) in [7, 11) is 0. The number of rotatable bonds is 5. The van der Waals surface area contributed by atoms with Crippen molar-refractivity contribution in [3.63, 3.8) is 0 Å². The molecule has 142 valence electrons. The Kier molecular flexibility index (Phi) is 5.15. The first-order valence-corrected chi connectivity index (χ1v) is 8.46. The van der Waals surface area contributed by atoms with Gasteiger partial charge in [-0.15, -0.1) is 0 Å². The number of carbonyl (C=O) groups is 1. The predicted molar refractivity (Wildman–Crippen MR) is 100 cm³/mol. The Hall–Kier alpha value is -3.64. The number of carbonyl (C=O) groups excluding carboxylic acids is 1. The summed E-state index contributed by atoms with van der Waals surface area (Å²) < 4.78 is 7.22. The zero-order valence-corrected chi connectivity index (χ0v) is 15.6. The Morgan fingerprint density at radius 3 is 2.75 bits per heavy atom. The normalized spacial score (nSPS) is 10.5. The molecule has 1 N–H and O–H groups in total. The van der Waals surface area contributed by atoms with Crippen molar-refractivity contribution in [2.24, 2.45) is 0 Å². The van der Waals surface area contributed by atoms with Crippen LogP contribution in [0.4, 0.5) is 11.4 Å². The minimum atomic E-state index is -0.615. The third-order valence-electron chi connectivity index (χ3n) is 4.07. The van der Waals surface area contributed by atoms with E-state index in [2.05, 4.69) is 10.4 Å². The number of halogens is 1. The molecule has 0 aliphatic carbocycles. The number of hydrogen-bond donors (Lipinski definition) is 1. The first-order chi connectivity index (χ1) is 13.3. The molecule has 1 amide bonds. The van der Waals surface area contributed by atoms with E-state index in [9.17, 15) is 14.9 Å². The summed E-state index contributed by atoms with van der Waals surface area (Å²) in [4.78, 5) is 22.6. The van der Waals surface area contributed by atoms with Crippen molar-refractivity contribution in [2.75, 3.05) is 5.32 Å². The number of aryl methyl sites for hydroxylation is 1. The molecule has 2 heterocycles. The third-order valence-corrected chi connectivity index (χ3v) is 4.61. The van der Waals surface area contributed by atoms with Crippen LogP contribution in [0.5, 0.6) is 0 Å². The van der Waals surface area contributed by atoms with Crippen molar-refractivity contribution in [2.45, 2.75) is 20.4 Å². The Morgan fingerprint density at radius 2 is 2.14 bits per heavy atom. The van der Waals surface area contributed by atoms with E-state index in [0.717, 1.165) is 11.8 Å². The smallest absolute Gasteiger partial charge is 0.291 e. The maximum Gasteiger partial charge on any atom is 0.291 e. The highest BCUT2D eigenvalue weighted by molar-refractivity contribution is 6.31. The van der Waals surface area contributed by atoms with E-state index in [1.165, 1.54) is 18.2 Å². The largest absolute Gasteiger partial charge is 0.454 e. The number of nitro groups is 1. The van der Waals surface area contributed by atoms with E-state index in [-0.39, 0.29) is 22.7 Å². The van der Waals surface area contributed by atoms with Gasteiger partial charge in [0.05, 0.1) is 39.1 Å². The fourth-order valence-electron chi connectivity index (χ4n) is 2.59. The molecule has 0 saturated carbocycles. The van der Waals surface area contributed by atoms with Crippen LogP contribution < -0.4 is 5.32 Å². The Bertz CT molecular complexity index is 1130. The maximum atomic E-state index is 12.4. The van der Waals surface area contributed by atoms with Crippen LogP contribution in [0.2, 0.25) is 5.02 Å². The number of furan rings is 1. The summed E-state index contributed by atoms with van der Waals surface area (Å²) >= 11 is 6.12. The number of amides is 1. The molecule has 0 fully saturated rings. The molecule has 0 unspecified atom stereocenters. The second-order valence-corrected chi connectivity index (χ2v) is 6.34. The molecular formula is C18H14ClN5O4. The number of nitrogens with one attached hydrogen (secondary N) is 1. The second kappa shape index (κ2) is 7.54. The maximum absolute atomic E-state index is 12.4. The lowest BCUT2D eigenvalue weighted by Crippen LogP contribution is -2.12. The van der Waals surface area contributed by atoms with Gasteiger partial charge >= 0.3 is 0 Å². The molecular weight excluding hydrogens is 386 g/mol. The van der Waals surface area contributed by atoms with Crippen LogP contribution in [0.1, 0.15) is 33.3 Å². The number of nitriles is 1. The molecule has 0 aliphatic heterocycles. The minimum absolute atomic E-state index is 0.0217. The fraction of sp³-hybridized carbons (Fsp3) is 0.167. The van der Waals surface area contributed by atoms with E-state index in [4.69, 9.17) is 21.3 Å². The molecule has 10 heteroatoms. The van der Waals surface area contributed by atoms with Gasteiger partial charge in [-0.1, -0.05) is 11.6 Å². The lowest BCUT2D eigenvalue weighted by atomic mass is 10.1. The van der Waals surface area contributed by atoms with Crippen LogP contribution in [0.15, 0.2) is 34.7 Å². The molecule has 9 nitrogen and oxygen atoms in total. The van der Waals surface area contributed by atoms with Crippen molar-refractivity contribution in [3.8, 4) is 6.07 Å². The van der Waals surface area contributed by atoms with E-state index >= 15 is 0 Å². The van der Waals surface area contributed by atoms with Gasteiger partial charge in [-0.25, -0.2) is 0 Å².